The van der Waals surface area contributed by atoms with Crippen molar-refractivity contribution in [2.75, 3.05) is 0 Å². The minimum Gasteiger partial charge on any atom is -0.112 e. The summed E-state index contributed by atoms with van der Waals surface area (Å²) in [4.78, 5) is 0. The molecule has 0 heterocycles. The van der Waals surface area contributed by atoms with E-state index in [4.69, 9.17) is 0 Å². The lowest BCUT2D eigenvalue weighted by Crippen LogP contribution is -1.62. The topological polar surface area (TPSA) is 3.24 Å². The highest BCUT2D eigenvalue weighted by atomic mass is 127. The molecule has 0 saturated carbocycles. The van der Waals surface area contributed by atoms with Crippen molar-refractivity contribution in [3.05, 3.63) is 0 Å². The standard InChI is InChI=1S/BrFIN/c1-4(2)3. The van der Waals surface area contributed by atoms with E-state index in [0.717, 1.165) is 0 Å². The van der Waals surface area contributed by atoms with Gasteiger partial charge in [0.15, 0.2) is 0 Å². The number of nitrogens with zero attached hydrogens (tertiary/aromatic N) is 1. The molecule has 0 aromatic heterocycles. The molecule has 0 aromatic rings. The van der Waals surface area contributed by atoms with E-state index in [1.807, 2.05) is 0 Å². The third-order valence-corrected chi connectivity index (χ3v) is 0. The van der Waals surface area contributed by atoms with Crippen molar-refractivity contribution in [2.24, 2.45) is 0 Å². The van der Waals surface area contributed by atoms with Gasteiger partial charge in [-0.2, -0.15) is 0 Å². The van der Waals surface area contributed by atoms with Crippen molar-refractivity contribution in [3.63, 3.8) is 0 Å². The Kier molecular flexibility index (Phi) is 2.99. The Hall–Kier alpha value is 1.10. The second-order valence-corrected chi connectivity index (χ2v) is 2.99. The molecule has 1 nitrogen and oxygen atoms in total. The van der Waals surface area contributed by atoms with Gasteiger partial charge in [0, 0.05) is 0 Å². The molecule has 26 valence electrons. The average molecular weight is 240 g/mol. The predicted octanol–water partition coefficient (Wildman–Crippen LogP) is 1.83. The number of hydrogen-bond acceptors (Lipinski definition) is 1. The van der Waals surface area contributed by atoms with Gasteiger partial charge in [-0.25, -0.2) is 0 Å². The van der Waals surface area contributed by atoms with Crippen LogP contribution in [0, 0.1) is 0 Å². The quantitative estimate of drug-likeness (QED) is 0.461. The molecule has 0 aromatic carbocycles. The largest absolute Gasteiger partial charge is 0.112 e. The Bertz CT molecular complexity index is 12.8. The average Bonchev–Trinajstić information content (AvgIpc) is 0.811. The molecule has 0 aliphatic rings. The smallest absolute Gasteiger partial charge is 0.0711 e. The fourth-order valence-corrected chi connectivity index (χ4v) is 0. The third-order valence-electron chi connectivity index (χ3n) is 0. The first kappa shape index (κ1) is 5.10. The minimum absolute atomic E-state index is 0.282. The Morgan fingerprint density at radius 2 is 2.00 bits per heavy atom. The SMILES string of the molecule is FN(Br)I. The van der Waals surface area contributed by atoms with Crippen molar-refractivity contribution in [1.29, 1.82) is 0 Å². The van der Waals surface area contributed by atoms with Crippen LogP contribution in [0.3, 0.4) is 0 Å². The van der Waals surface area contributed by atoms with Crippen molar-refractivity contribution < 1.29 is 4.48 Å². The van der Waals surface area contributed by atoms with Crippen LogP contribution < -0.4 is 0 Å². The molecule has 0 aliphatic carbocycles. The zero-order valence-electron chi connectivity index (χ0n) is 1.58. The monoisotopic (exact) mass is 239 g/mol. The van der Waals surface area contributed by atoms with Crippen LogP contribution >= 0.6 is 39.0 Å². The lowest BCUT2D eigenvalue weighted by atomic mass is 13.8. The fourth-order valence-electron chi connectivity index (χ4n) is 0. The van der Waals surface area contributed by atoms with Crippen molar-refractivity contribution in [1.82, 2.24) is 2.36 Å². The Labute approximate surface area is 45.9 Å². The summed E-state index contributed by atoms with van der Waals surface area (Å²) in [6, 6.07) is 0. The van der Waals surface area contributed by atoms with Gasteiger partial charge in [0.2, 0.25) is 0 Å². The highest BCUT2D eigenvalue weighted by Gasteiger charge is 1.73. The van der Waals surface area contributed by atoms with E-state index in [2.05, 4.69) is 16.1 Å². The van der Waals surface area contributed by atoms with Gasteiger partial charge >= 0.3 is 0 Å². The first-order valence-corrected chi connectivity index (χ1v) is 2.18. The summed E-state index contributed by atoms with van der Waals surface area (Å²) in [7, 11) is 0. The van der Waals surface area contributed by atoms with Crippen molar-refractivity contribution >= 4 is 39.0 Å². The summed E-state index contributed by atoms with van der Waals surface area (Å²) < 4.78 is 11.0. The Morgan fingerprint density at radius 3 is 2.00 bits per heavy atom. The van der Waals surface area contributed by atoms with Crippen molar-refractivity contribution in [3.8, 4) is 0 Å². The van der Waals surface area contributed by atoms with Gasteiger partial charge in [0.05, 0.1) is 39.0 Å². The molecule has 4 heteroatoms. The van der Waals surface area contributed by atoms with Gasteiger partial charge < -0.3 is 0 Å². The van der Waals surface area contributed by atoms with Gasteiger partial charge in [-0.05, 0) is 2.36 Å². The summed E-state index contributed by atoms with van der Waals surface area (Å²) in [5.41, 5.74) is 0. The van der Waals surface area contributed by atoms with Crippen LogP contribution in [0.1, 0.15) is 0 Å². The molecule has 0 spiro atoms. The number of hydrogen-bond donors (Lipinski definition) is 0. The maximum atomic E-state index is 10.7. The zero-order chi connectivity index (χ0) is 3.58. The normalized spacial score (nSPS) is 9.00. The van der Waals surface area contributed by atoms with E-state index in [-0.39, 0.29) is 2.36 Å². The highest BCUT2D eigenvalue weighted by Crippen LogP contribution is 2.03. The van der Waals surface area contributed by atoms with E-state index in [1.165, 1.54) is 22.9 Å². The van der Waals surface area contributed by atoms with E-state index in [9.17, 15) is 4.48 Å². The van der Waals surface area contributed by atoms with Gasteiger partial charge in [0.25, 0.3) is 0 Å². The summed E-state index contributed by atoms with van der Waals surface area (Å²) in [5, 5.41) is 0. The van der Waals surface area contributed by atoms with Crippen LogP contribution in [-0.2, 0) is 0 Å². The van der Waals surface area contributed by atoms with E-state index < -0.39 is 0 Å². The molecule has 0 aliphatic heterocycles. The number of rotatable bonds is 0. The van der Waals surface area contributed by atoms with E-state index in [1.54, 1.807) is 0 Å². The van der Waals surface area contributed by atoms with E-state index >= 15 is 0 Å². The fraction of sp³-hybridized carbons (Fsp3) is 0. The van der Waals surface area contributed by atoms with Gasteiger partial charge in [-0.3, -0.25) is 0 Å². The Balaban J connectivity index is 2.32. The summed E-state index contributed by atoms with van der Waals surface area (Å²) in [5.74, 6) is 0. The molecule has 0 saturated heterocycles. The highest BCUT2D eigenvalue weighted by molar-refractivity contribution is 14.1. The molecule has 0 amide bonds. The van der Waals surface area contributed by atoms with Crippen LogP contribution in [0.4, 0.5) is 4.48 Å². The summed E-state index contributed by atoms with van der Waals surface area (Å²) >= 11 is 3.85. The molecule has 0 radical (unpaired) electrons. The predicted molar refractivity (Wildman–Crippen MR) is 25.9 cm³/mol. The third kappa shape index (κ3) is 11.3. The van der Waals surface area contributed by atoms with Crippen LogP contribution in [-0.4, -0.2) is 2.36 Å². The number of halogens is 3. The van der Waals surface area contributed by atoms with Gasteiger partial charge in [-0.15, -0.1) is 4.48 Å². The zero-order valence-corrected chi connectivity index (χ0v) is 5.32. The lowest BCUT2D eigenvalue weighted by Gasteiger charge is -1.74. The van der Waals surface area contributed by atoms with Crippen LogP contribution in [0.15, 0.2) is 0 Å². The lowest BCUT2D eigenvalue weighted by molar-refractivity contribution is 0.343. The molecular formula is BrFIN. The van der Waals surface area contributed by atoms with Crippen LogP contribution in [0.2, 0.25) is 0 Å². The van der Waals surface area contributed by atoms with Crippen LogP contribution in [0.5, 0.6) is 0 Å². The van der Waals surface area contributed by atoms with Gasteiger partial charge in [-0.1, -0.05) is 0 Å². The molecule has 0 unspecified atom stereocenters. The maximum absolute atomic E-state index is 10.7. The molecule has 0 N–H and O–H groups in total. The summed E-state index contributed by atoms with van der Waals surface area (Å²) in [6.07, 6.45) is 0. The molecule has 0 fully saturated rings. The van der Waals surface area contributed by atoms with Crippen molar-refractivity contribution in [2.45, 2.75) is 0 Å². The molecule has 0 bridgehead atoms. The first-order valence-electron chi connectivity index (χ1n) is 0.507. The van der Waals surface area contributed by atoms with Gasteiger partial charge in [0.1, 0.15) is 0 Å². The second kappa shape index (κ2) is 2.34. The van der Waals surface area contributed by atoms with Crippen LogP contribution in [0.25, 0.3) is 0 Å². The minimum atomic E-state index is 0.282. The Morgan fingerprint density at radius 1 is 2.00 bits per heavy atom. The first-order chi connectivity index (χ1) is 1.73. The maximum Gasteiger partial charge on any atom is 0.0711 e. The second-order valence-electron chi connectivity index (χ2n) is 0.192. The molecule has 4 heavy (non-hydrogen) atoms. The summed E-state index contributed by atoms with van der Waals surface area (Å²) in [6.45, 7) is 0. The molecule has 0 rings (SSSR count). The van der Waals surface area contributed by atoms with E-state index in [0.29, 0.717) is 0 Å². The molecule has 0 atom stereocenters. The molecular weight excluding hydrogens is 240 g/mol.